The minimum Gasteiger partial charge on any atom is -0.241 e. The van der Waals surface area contributed by atoms with Crippen LogP contribution < -0.4 is 0 Å². The number of aryl methyl sites for hydroxylation is 2. The molecule has 2 heterocycles. The summed E-state index contributed by atoms with van der Waals surface area (Å²) >= 11 is 3.72. The van der Waals surface area contributed by atoms with Crippen LogP contribution in [0.5, 0.6) is 0 Å². The van der Waals surface area contributed by atoms with Crippen molar-refractivity contribution in [2.75, 3.05) is 0 Å². The number of rotatable bonds is 8. The zero-order valence-corrected chi connectivity index (χ0v) is 19.5. The maximum absolute atomic E-state index is 5.03. The first-order valence-corrected chi connectivity index (χ1v) is 12.9. The summed E-state index contributed by atoms with van der Waals surface area (Å²) in [4.78, 5) is 10.1. The summed E-state index contributed by atoms with van der Waals surface area (Å²) in [6.07, 6.45) is 9.75. The summed E-state index contributed by atoms with van der Waals surface area (Å²) in [6.45, 7) is 4.51. The zero-order chi connectivity index (χ0) is 20.5. The van der Waals surface area contributed by atoms with Gasteiger partial charge in [-0.25, -0.2) is 9.97 Å². The molecule has 4 heteroatoms. The van der Waals surface area contributed by atoms with Gasteiger partial charge >= 0.3 is 0 Å². The molecule has 3 aromatic carbocycles. The minimum atomic E-state index is 1.10. The molecule has 0 spiro atoms. The van der Waals surface area contributed by atoms with Crippen molar-refractivity contribution in [2.45, 2.75) is 65.2 Å². The minimum absolute atomic E-state index is 1.10. The normalized spacial score (nSPS) is 12.1. The van der Waals surface area contributed by atoms with Crippen molar-refractivity contribution in [3.63, 3.8) is 0 Å². The monoisotopic (exact) mass is 432 g/mol. The van der Waals surface area contributed by atoms with E-state index < -0.39 is 0 Å². The van der Waals surface area contributed by atoms with Gasteiger partial charge in [-0.15, -0.1) is 22.7 Å². The Bertz CT molecular complexity index is 1230. The van der Waals surface area contributed by atoms with Crippen molar-refractivity contribution >= 4 is 64.7 Å². The quantitative estimate of drug-likeness (QED) is 0.181. The highest BCUT2D eigenvalue weighted by Gasteiger charge is 2.13. The highest BCUT2D eigenvalue weighted by molar-refractivity contribution is 7.19. The van der Waals surface area contributed by atoms with Crippen LogP contribution in [0, 0.1) is 0 Å². The molecule has 0 radical (unpaired) electrons. The lowest BCUT2D eigenvalue weighted by atomic mass is 10.0. The summed E-state index contributed by atoms with van der Waals surface area (Å²) < 4.78 is 2.61. The second kappa shape index (κ2) is 8.60. The topological polar surface area (TPSA) is 25.8 Å². The Kier molecular flexibility index (Phi) is 5.70. The van der Waals surface area contributed by atoms with Crippen LogP contribution >= 0.6 is 22.7 Å². The molecule has 0 amide bonds. The van der Waals surface area contributed by atoms with Crippen molar-refractivity contribution in [3.05, 3.63) is 46.4 Å². The summed E-state index contributed by atoms with van der Waals surface area (Å²) in [5.74, 6) is 0. The Hall–Kier alpha value is -2.04. The molecule has 0 saturated heterocycles. The second-order valence-electron chi connectivity index (χ2n) is 8.21. The fraction of sp³-hybridized carbons (Fsp3) is 0.385. The van der Waals surface area contributed by atoms with E-state index in [1.54, 1.807) is 0 Å². The molecule has 0 atom stereocenters. The van der Waals surface area contributed by atoms with Crippen molar-refractivity contribution in [1.29, 1.82) is 0 Å². The molecule has 0 fully saturated rings. The van der Waals surface area contributed by atoms with E-state index in [0.717, 1.165) is 12.8 Å². The third-order valence-electron chi connectivity index (χ3n) is 5.98. The Labute approximate surface area is 186 Å². The fourth-order valence-corrected chi connectivity index (χ4v) is 6.41. The Morgan fingerprint density at radius 2 is 1.00 bits per heavy atom. The number of benzene rings is 3. The number of thiazole rings is 2. The molecule has 5 aromatic rings. The van der Waals surface area contributed by atoms with E-state index in [1.807, 2.05) is 22.7 Å². The molecule has 2 nitrogen and oxygen atoms in total. The lowest BCUT2D eigenvalue weighted by Crippen LogP contribution is -1.85. The summed E-state index contributed by atoms with van der Waals surface area (Å²) in [6, 6.07) is 13.6. The van der Waals surface area contributed by atoms with Crippen molar-refractivity contribution in [1.82, 2.24) is 9.97 Å². The van der Waals surface area contributed by atoms with E-state index in [9.17, 15) is 0 Å². The number of hydrogen-bond donors (Lipinski definition) is 0. The molecule has 0 aliphatic carbocycles. The molecule has 154 valence electrons. The average Bonchev–Trinajstić information content (AvgIpc) is 3.37. The molecule has 0 saturated carbocycles. The highest BCUT2D eigenvalue weighted by atomic mass is 32.1. The first-order chi connectivity index (χ1) is 14.8. The number of hydrogen-bond acceptors (Lipinski definition) is 4. The van der Waals surface area contributed by atoms with Crippen LogP contribution in [0.4, 0.5) is 0 Å². The number of aromatic nitrogens is 2. The van der Waals surface area contributed by atoms with E-state index in [1.165, 1.54) is 90.5 Å². The van der Waals surface area contributed by atoms with Gasteiger partial charge in [-0.1, -0.05) is 63.8 Å². The molecule has 0 aliphatic heterocycles. The van der Waals surface area contributed by atoms with Gasteiger partial charge in [0.2, 0.25) is 0 Å². The third-order valence-corrected chi connectivity index (χ3v) is 8.14. The van der Waals surface area contributed by atoms with Crippen LogP contribution in [0.1, 0.15) is 62.4 Å². The second-order valence-corrected chi connectivity index (χ2v) is 10.4. The van der Waals surface area contributed by atoms with Crippen LogP contribution in [0.2, 0.25) is 0 Å². The van der Waals surface area contributed by atoms with Gasteiger partial charge in [0.1, 0.15) is 0 Å². The predicted octanol–water partition coefficient (Wildman–Crippen LogP) is 8.68. The first-order valence-electron chi connectivity index (χ1n) is 11.3. The van der Waals surface area contributed by atoms with E-state index in [-0.39, 0.29) is 0 Å². The van der Waals surface area contributed by atoms with Gasteiger partial charge in [-0.2, -0.15) is 0 Å². The van der Waals surface area contributed by atoms with Gasteiger partial charge in [0.05, 0.1) is 30.4 Å². The van der Waals surface area contributed by atoms with Gasteiger partial charge < -0.3 is 0 Å². The Morgan fingerprint density at radius 3 is 1.43 bits per heavy atom. The standard InChI is InChI=1S/C26H28N2S2/c1-3-5-7-9-23-27-25-19-11-12-20-18(17(19)13-15-21(25)29-23)14-16-22-26(20)28-24(30-22)10-8-6-4-2/h11-16H,3-10H2,1-2H3. The molecule has 0 N–H and O–H groups in total. The van der Waals surface area contributed by atoms with Crippen LogP contribution in [-0.4, -0.2) is 9.97 Å². The van der Waals surface area contributed by atoms with Crippen LogP contribution in [-0.2, 0) is 12.8 Å². The first kappa shape index (κ1) is 19.9. The smallest absolute Gasteiger partial charge is 0.0938 e. The van der Waals surface area contributed by atoms with E-state index in [4.69, 9.17) is 9.97 Å². The number of fused-ring (bicyclic) bond motifs is 7. The maximum Gasteiger partial charge on any atom is 0.0938 e. The van der Waals surface area contributed by atoms with E-state index in [0.29, 0.717) is 0 Å². The Balaban J connectivity index is 1.59. The number of unbranched alkanes of at least 4 members (excludes halogenated alkanes) is 4. The molecule has 2 aromatic heterocycles. The van der Waals surface area contributed by atoms with Crippen molar-refractivity contribution in [3.8, 4) is 0 Å². The molecule has 0 aliphatic rings. The van der Waals surface area contributed by atoms with Gasteiger partial charge in [-0.3, -0.25) is 0 Å². The molecule has 5 rings (SSSR count). The number of nitrogens with zero attached hydrogens (tertiary/aromatic N) is 2. The summed E-state index contributed by atoms with van der Waals surface area (Å²) in [7, 11) is 0. The average molecular weight is 433 g/mol. The van der Waals surface area contributed by atoms with Crippen molar-refractivity contribution < 1.29 is 0 Å². The lowest BCUT2D eigenvalue weighted by Gasteiger charge is -2.05. The van der Waals surface area contributed by atoms with Gasteiger partial charge in [0, 0.05) is 10.8 Å². The van der Waals surface area contributed by atoms with E-state index in [2.05, 4.69) is 50.2 Å². The summed E-state index contributed by atoms with van der Waals surface area (Å²) in [5, 5.41) is 7.70. The molecule has 0 bridgehead atoms. The van der Waals surface area contributed by atoms with Gasteiger partial charge in [0.15, 0.2) is 0 Å². The summed E-state index contributed by atoms with van der Waals surface area (Å²) in [5.41, 5.74) is 2.34. The molecule has 0 unspecified atom stereocenters. The SMILES string of the molecule is CCCCCc1nc2c(ccc3c4ccc5sc(CCCCC)nc5c4ccc32)s1. The predicted molar refractivity (Wildman–Crippen MR) is 134 cm³/mol. The Morgan fingerprint density at radius 1 is 0.567 bits per heavy atom. The largest absolute Gasteiger partial charge is 0.241 e. The van der Waals surface area contributed by atoms with Crippen molar-refractivity contribution in [2.24, 2.45) is 0 Å². The third kappa shape index (κ3) is 3.61. The molecular weight excluding hydrogens is 404 g/mol. The zero-order valence-electron chi connectivity index (χ0n) is 17.8. The molecular formula is C26H28N2S2. The maximum atomic E-state index is 5.03. The fourth-order valence-electron chi connectivity index (χ4n) is 4.36. The van der Waals surface area contributed by atoms with Crippen LogP contribution in [0.3, 0.4) is 0 Å². The van der Waals surface area contributed by atoms with Gasteiger partial charge in [-0.05, 0) is 48.6 Å². The van der Waals surface area contributed by atoms with Gasteiger partial charge in [0.25, 0.3) is 0 Å². The highest BCUT2D eigenvalue weighted by Crippen LogP contribution is 2.37. The lowest BCUT2D eigenvalue weighted by molar-refractivity contribution is 0.716. The van der Waals surface area contributed by atoms with Crippen LogP contribution in [0.25, 0.3) is 42.0 Å². The van der Waals surface area contributed by atoms with Crippen LogP contribution in [0.15, 0.2) is 36.4 Å². The van der Waals surface area contributed by atoms with E-state index >= 15 is 0 Å². The molecule has 30 heavy (non-hydrogen) atoms.